The predicted molar refractivity (Wildman–Crippen MR) is 94.2 cm³/mol. The van der Waals surface area contributed by atoms with E-state index in [1.807, 2.05) is 60.7 Å². The number of hydrogen-bond donors (Lipinski definition) is 0. The number of para-hydroxylation sites is 1. The van der Waals surface area contributed by atoms with Crippen molar-refractivity contribution in [2.24, 2.45) is 0 Å². The average molecular weight is 297 g/mol. The molecule has 0 unspecified atom stereocenters. The van der Waals surface area contributed by atoms with Gasteiger partial charge in [-0.15, -0.1) is 15.0 Å². The van der Waals surface area contributed by atoms with Gasteiger partial charge in [0.05, 0.1) is 5.69 Å². The molecule has 3 heteroatoms. The largest absolute Gasteiger partial charge is 0.150 e. The van der Waals surface area contributed by atoms with E-state index in [9.17, 15) is 0 Å². The van der Waals surface area contributed by atoms with Crippen LogP contribution >= 0.6 is 0 Å². The highest BCUT2D eigenvalue weighted by atomic mass is 15.5. The van der Waals surface area contributed by atoms with Crippen LogP contribution in [0.15, 0.2) is 78.9 Å². The van der Waals surface area contributed by atoms with Gasteiger partial charge in [0, 0.05) is 5.56 Å². The first-order valence-corrected chi connectivity index (χ1v) is 7.55. The molecule has 4 aromatic rings. The van der Waals surface area contributed by atoms with Crippen LogP contribution in [0.25, 0.3) is 28.9 Å². The highest BCUT2D eigenvalue weighted by Gasteiger charge is 2.06. The first-order valence-electron chi connectivity index (χ1n) is 7.55. The number of benzene rings is 3. The molecular weight excluding hydrogens is 282 g/mol. The van der Waals surface area contributed by atoms with E-state index in [4.69, 9.17) is 0 Å². The Balaban J connectivity index is 1.76. The third kappa shape index (κ3) is 2.77. The summed E-state index contributed by atoms with van der Waals surface area (Å²) in [5.41, 5.74) is 5.01. The molecule has 0 bridgehead atoms. The van der Waals surface area contributed by atoms with Crippen LogP contribution in [0.2, 0.25) is 0 Å². The van der Waals surface area contributed by atoms with E-state index in [-0.39, 0.29) is 0 Å². The molecule has 0 aliphatic rings. The molecule has 4 rings (SSSR count). The standard InChI is InChI=1S/C20H15N3/c1-2-8-16(9-3-1)14-15-17-10-4-7-13-20(17)23-21-18-11-5-6-12-19(18)22-23/h1-15H. The van der Waals surface area contributed by atoms with E-state index in [2.05, 4.69) is 40.5 Å². The molecule has 0 saturated carbocycles. The fourth-order valence-electron chi connectivity index (χ4n) is 2.53. The Labute approximate surface area is 134 Å². The molecule has 3 nitrogen and oxygen atoms in total. The SMILES string of the molecule is C(=Cc1ccccc1-n1nc2ccccc2n1)c1ccccc1. The van der Waals surface area contributed by atoms with Gasteiger partial charge >= 0.3 is 0 Å². The summed E-state index contributed by atoms with van der Waals surface area (Å²) in [5, 5.41) is 9.14. The molecule has 0 amide bonds. The highest BCUT2D eigenvalue weighted by molar-refractivity contribution is 5.76. The van der Waals surface area contributed by atoms with Gasteiger partial charge in [-0.25, -0.2) is 0 Å². The number of aromatic nitrogens is 3. The van der Waals surface area contributed by atoms with E-state index in [0.717, 1.165) is 22.3 Å². The summed E-state index contributed by atoms with van der Waals surface area (Å²) in [6.45, 7) is 0. The van der Waals surface area contributed by atoms with Gasteiger partial charge in [-0.3, -0.25) is 0 Å². The molecule has 0 aliphatic carbocycles. The normalized spacial score (nSPS) is 11.3. The second kappa shape index (κ2) is 5.89. The Bertz CT molecular complexity index is 935. The van der Waals surface area contributed by atoms with E-state index in [1.165, 1.54) is 5.56 Å². The maximum absolute atomic E-state index is 4.57. The van der Waals surface area contributed by atoms with Crippen molar-refractivity contribution in [3.63, 3.8) is 0 Å². The summed E-state index contributed by atoms with van der Waals surface area (Å²) in [7, 11) is 0. The first-order chi connectivity index (χ1) is 11.4. The topological polar surface area (TPSA) is 30.7 Å². The second-order valence-corrected chi connectivity index (χ2v) is 5.28. The molecule has 0 fully saturated rings. The molecule has 1 heterocycles. The Hall–Kier alpha value is -3.20. The van der Waals surface area contributed by atoms with Crippen LogP contribution in [0, 0.1) is 0 Å². The summed E-state index contributed by atoms with van der Waals surface area (Å²) < 4.78 is 0. The zero-order valence-corrected chi connectivity index (χ0v) is 12.5. The molecule has 1 aromatic heterocycles. The van der Waals surface area contributed by atoms with Gasteiger partial charge in [-0.1, -0.05) is 72.8 Å². The van der Waals surface area contributed by atoms with Crippen LogP contribution < -0.4 is 0 Å². The molecule has 3 aromatic carbocycles. The van der Waals surface area contributed by atoms with Crippen LogP contribution in [0.4, 0.5) is 0 Å². The summed E-state index contributed by atoms with van der Waals surface area (Å²) in [6.07, 6.45) is 4.20. The number of nitrogens with zero attached hydrogens (tertiary/aromatic N) is 3. The smallest absolute Gasteiger partial charge is 0.113 e. The minimum atomic E-state index is 0.898. The van der Waals surface area contributed by atoms with Gasteiger partial charge in [0.2, 0.25) is 0 Å². The predicted octanol–water partition coefficient (Wildman–Crippen LogP) is 4.59. The lowest BCUT2D eigenvalue weighted by Crippen LogP contribution is -2.00. The van der Waals surface area contributed by atoms with Crippen molar-refractivity contribution >= 4 is 23.2 Å². The minimum Gasteiger partial charge on any atom is -0.150 e. The number of hydrogen-bond acceptors (Lipinski definition) is 2. The van der Waals surface area contributed by atoms with Crippen LogP contribution in [-0.4, -0.2) is 15.0 Å². The minimum absolute atomic E-state index is 0.898. The van der Waals surface area contributed by atoms with Crippen molar-refractivity contribution < 1.29 is 0 Å². The molecule has 0 saturated heterocycles. The molecule has 0 atom stereocenters. The Morgan fingerprint density at radius 1 is 0.609 bits per heavy atom. The van der Waals surface area contributed by atoms with E-state index < -0.39 is 0 Å². The van der Waals surface area contributed by atoms with Crippen molar-refractivity contribution in [1.29, 1.82) is 0 Å². The third-order valence-corrected chi connectivity index (χ3v) is 3.69. The average Bonchev–Trinajstić information content (AvgIpc) is 3.05. The number of rotatable bonds is 3. The molecular formula is C20H15N3. The zero-order chi connectivity index (χ0) is 15.5. The molecule has 23 heavy (non-hydrogen) atoms. The van der Waals surface area contributed by atoms with Gasteiger partial charge in [0.25, 0.3) is 0 Å². The fraction of sp³-hybridized carbons (Fsp3) is 0. The summed E-state index contributed by atoms with van der Waals surface area (Å²) in [6, 6.07) is 26.3. The lowest BCUT2D eigenvalue weighted by atomic mass is 10.1. The molecule has 0 aliphatic heterocycles. The van der Waals surface area contributed by atoms with Crippen molar-refractivity contribution in [2.45, 2.75) is 0 Å². The van der Waals surface area contributed by atoms with Gasteiger partial charge in [0.1, 0.15) is 11.0 Å². The second-order valence-electron chi connectivity index (χ2n) is 5.28. The van der Waals surface area contributed by atoms with Crippen LogP contribution in [0.3, 0.4) is 0 Å². The third-order valence-electron chi connectivity index (χ3n) is 3.69. The fourth-order valence-corrected chi connectivity index (χ4v) is 2.53. The first kappa shape index (κ1) is 13.5. The van der Waals surface area contributed by atoms with Crippen molar-refractivity contribution in [3.8, 4) is 5.69 Å². The Kier molecular flexibility index (Phi) is 3.45. The van der Waals surface area contributed by atoms with Gasteiger partial charge in [-0.2, -0.15) is 0 Å². The van der Waals surface area contributed by atoms with Gasteiger partial charge in [0.15, 0.2) is 0 Å². The lowest BCUT2D eigenvalue weighted by molar-refractivity contribution is 0.764. The summed E-state index contributed by atoms with van der Waals surface area (Å²) >= 11 is 0. The maximum atomic E-state index is 4.57. The van der Waals surface area contributed by atoms with Crippen LogP contribution in [0.5, 0.6) is 0 Å². The zero-order valence-electron chi connectivity index (χ0n) is 12.5. The maximum Gasteiger partial charge on any atom is 0.113 e. The van der Waals surface area contributed by atoms with E-state index in [1.54, 1.807) is 4.80 Å². The van der Waals surface area contributed by atoms with Crippen molar-refractivity contribution in [2.75, 3.05) is 0 Å². The Morgan fingerprint density at radius 3 is 1.96 bits per heavy atom. The highest BCUT2D eigenvalue weighted by Crippen LogP contribution is 2.18. The van der Waals surface area contributed by atoms with Crippen LogP contribution in [0.1, 0.15) is 11.1 Å². The summed E-state index contributed by atoms with van der Waals surface area (Å²) in [4.78, 5) is 1.70. The summed E-state index contributed by atoms with van der Waals surface area (Å²) in [5.74, 6) is 0. The Morgan fingerprint density at radius 2 is 1.22 bits per heavy atom. The monoisotopic (exact) mass is 297 g/mol. The number of fused-ring (bicyclic) bond motifs is 1. The lowest BCUT2D eigenvalue weighted by Gasteiger charge is -2.04. The molecule has 0 spiro atoms. The molecule has 0 radical (unpaired) electrons. The van der Waals surface area contributed by atoms with E-state index in [0.29, 0.717) is 0 Å². The van der Waals surface area contributed by atoms with Gasteiger partial charge < -0.3 is 0 Å². The van der Waals surface area contributed by atoms with Crippen LogP contribution in [-0.2, 0) is 0 Å². The molecule has 0 N–H and O–H groups in total. The molecule has 110 valence electrons. The van der Waals surface area contributed by atoms with Crippen molar-refractivity contribution in [1.82, 2.24) is 15.0 Å². The quantitative estimate of drug-likeness (QED) is 0.518. The van der Waals surface area contributed by atoms with Crippen molar-refractivity contribution in [3.05, 3.63) is 90.0 Å². The van der Waals surface area contributed by atoms with Gasteiger partial charge in [-0.05, 0) is 23.8 Å². The van der Waals surface area contributed by atoms with E-state index >= 15 is 0 Å².